The summed E-state index contributed by atoms with van der Waals surface area (Å²) >= 11 is 0. The smallest absolute Gasteiger partial charge is 0.248 e. The minimum absolute atomic E-state index is 0.130. The molecule has 0 bridgehead atoms. The molecule has 162 valence electrons. The average molecular weight is 423 g/mol. The van der Waals surface area contributed by atoms with E-state index in [0.717, 1.165) is 36.3 Å². The van der Waals surface area contributed by atoms with Crippen molar-refractivity contribution in [3.8, 4) is 11.3 Å². The van der Waals surface area contributed by atoms with Gasteiger partial charge in [-0.25, -0.2) is 4.39 Å². The first kappa shape index (κ1) is 22.2. The largest absolute Gasteiger partial charge is 0.366 e. The van der Waals surface area contributed by atoms with Crippen LogP contribution >= 0.6 is 0 Å². The van der Waals surface area contributed by atoms with Crippen molar-refractivity contribution >= 4 is 17.5 Å². The molecule has 8 heteroatoms. The zero-order chi connectivity index (χ0) is 22.4. The van der Waals surface area contributed by atoms with Crippen LogP contribution in [0.25, 0.3) is 11.3 Å². The molecule has 2 aromatic carbocycles. The van der Waals surface area contributed by atoms with Crippen LogP contribution in [0.5, 0.6) is 0 Å². The minimum Gasteiger partial charge on any atom is -0.366 e. The van der Waals surface area contributed by atoms with Crippen LogP contribution in [0.1, 0.15) is 29.4 Å². The highest BCUT2D eigenvalue weighted by Gasteiger charge is 2.18. The number of nitrogens with zero attached hydrogens (tertiary/aromatic N) is 2. The number of carbonyl (C=O) groups is 2. The SMILES string of the molecule is CC(C(=O)Nc1ccc(C(N)=O)cc1)N(C)CCCc1cc(-c2ccc(F)cc2)n[nH]1. The molecule has 1 atom stereocenters. The maximum absolute atomic E-state index is 13.1. The van der Waals surface area contributed by atoms with Crippen molar-refractivity contribution in [2.75, 3.05) is 18.9 Å². The molecule has 7 nitrogen and oxygen atoms in total. The molecular formula is C23H26FN5O2. The number of anilines is 1. The first-order valence-electron chi connectivity index (χ1n) is 10.0. The lowest BCUT2D eigenvalue weighted by Gasteiger charge is -2.23. The van der Waals surface area contributed by atoms with E-state index in [0.29, 0.717) is 11.3 Å². The number of benzene rings is 2. The molecule has 0 saturated carbocycles. The van der Waals surface area contributed by atoms with E-state index >= 15 is 0 Å². The molecule has 0 aliphatic carbocycles. The number of carbonyl (C=O) groups excluding carboxylic acids is 2. The summed E-state index contributed by atoms with van der Waals surface area (Å²) in [6.07, 6.45) is 1.62. The predicted molar refractivity (Wildman–Crippen MR) is 118 cm³/mol. The number of H-pyrrole nitrogens is 1. The molecule has 0 spiro atoms. The Labute approximate surface area is 180 Å². The molecule has 0 fully saturated rings. The van der Waals surface area contributed by atoms with E-state index in [1.165, 1.54) is 12.1 Å². The van der Waals surface area contributed by atoms with Gasteiger partial charge in [0.15, 0.2) is 0 Å². The fourth-order valence-corrected chi connectivity index (χ4v) is 3.14. The van der Waals surface area contributed by atoms with Crippen LogP contribution in [-0.4, -0.2) is 46.5 Å². The van der Waals surface area contributed by atoms with Gasteiger partial charge in [0.05, 0.1) is 11.7 Å². The molecule has 31 heavy (non-hydrogen) atoms. The Bertz CT molecular complexity index is 1030. The lowest BCUT2D eigenvalue weighted by atomic mass is 10.1. The highest BCUT2D eigenvalue weighted by molar-refractivity contribution is 5.96. The summed E-state index contributed by atoms with van der Waals surface area (Å²) in [7, 11) is 1.90. The van der Waals surface area contributed by atoms with Crippen LogP contribution in [0.4, 0.5) is 10.1 Å². The van der Waals surface area contributed by atoms with E-state index in [4.69, 9.17) is 5.73 Å². The summed E-state index contributed by atoms with van der Waals surface area (Å²) < 4.78 is 13.1. The first-order valence-corrected chi connectivity index (χ1v) is 10.0. The molecule has 4 N–H and O–H groups in total. The zero-order valence-electron chi connectivity index (χ0n) is 17.6. The maximum Gasteiger partial charge on any atom is 0.248 e. The van der Waals surface area contributed by atoms with Gasteiger partial charge in [0.2, 0.25) is 11.8 Å². The molecule has 0 radical (unpaired) electrons. The number of halogens is 1. The molecular weight excluding hydrogens is 397 g/mol. The average Bonchev–Trinajstić information content (AvgIpc) is 3.22. The van der Waals surface area contributed by atoms with Crippen LogP contribution in [0.3, 0.4) is 0 Å². The van der Waals surface area contributed by atoms with E-state index < -0.39 is 5.91 Å². The molecule has 3 rings (SSSR count). The van der Waals surface area contributed by atoms with Gasteiger partial charge in [-0.15, -0.1) is 0 Å². The Morgan fingerprint density at radius 3 is 2.48 bits per heavy atom. The summed E-state index contributed by atoms with van der Waals surface area (Å²) in [5.74, 6) is -0.911. The number of hydrogen-bond donors (Lipinski definition) is 3. The van der Waals surface area contributed by atoms with E-state index in [-0.39, 0.29) is 17.8 Å². The van der Waals surface area contributed by atoms with Gasteiger partial charge in [-0.3, -0.25) is 19.6 Å². The number of aryl methyl sites for hydroxylation is 1. The number of nitrogens with two attached hydrogens (primary N) is 1. The zero-order valence-corrected chi connectivity index (χ0v) is 17.6. The number of rotatable bonds is 9. The van der Waals surface area contributed by atoms with Gasteiger partial charge in [0, 0.05) is 22.5 Å². The van der Waals surface area contributed by atoms with E-state index in [2.05, 4.69) is 15.5 Å². The Morgan fingerprint density at radius 1 is 1.16 bits per heavy atom. The number of aromatic amines is 1. The summed E-state index contributed by atoms with van der Waals surface area (Å²) in [4.78, 5) is 25.6. The number of amides is 2. The Kier molecular flexibility index (Phi) is 7.15. The van der Waals surface area contributed by atoms with E-state index in [1.807, 2.05) is 24.9 Å². The van der Waals surface area contributed by atoms with Gasteiger partial charge in [-0.2, -0.15) is 5.10 Å². The monoisotopic (exact) mass is 423 g/mol. The van der Waals surface area contributed by atoms with E-state index in [9.17, 15) is 14.0 Å². The Morgan fingerprint density at radius 2 is 1.84 bits per heavy atom. The normalized spacial score (nSPS) is 12.0. The first-order chi connectivity index (χ1) is 14.8. The highest BCUT2D eigenvalue weighted by atomic mass is 19.1. The van der Waals surface area contributed by atoms with Crippen LogP contribution in [0, 0.1) is 5.82 Å². The molecule has 1 heterocycles. The van der Waals surface area contributed by atoms with Crippen molar-refractivity contribution in [1.82, 2.24) is 15.1 Å². The lowest BCUT2D eigenvalue weighted by molar-refractivity contribution is -0.120. The van der Waals surface area contributed by atoms with Crippen molar-refractivity contribution < 1.29 is 14.0 Å². The molecule has 2 amide bonds. The second-order valence-electron chi connectivity index (χ2n) is 7.48. The summed E-state index contributed by atoms with van der Waals surface area (Å²) in [5.41, 5.74) is 8.85. The third-order valence-corrected chi connectivity index (χ3v) is 5.21. The topological polar surface area (TPSA) is 104 Å². The lowest BCUT2D eigenvalue weighted by Crippen LogP contribution is -2.40. The van der Waals surface area contributed by atoms with Crippen molar-refractivity contribution in [2.24, 2.45) is 5.73 Å². The quantitative estimate of drug-likeness (QED) is 0.492. The second-order valence-corrected chi connectivity index (χ2v) is 7.48. The molecule has 1 aromatic heterocycles. The summed E-state index contributed by atoms with van der Waals surface area (Å²) in [6.45, 7) is 2.57. The third kappa shape index (κ3) is 5.99. The van der Waals surface area contributed by atoms with Gasteiger partial charge in [0.25, 0.3) is 0 Å². The van der Waals surface area contributed by atoms with Crippen molar-refractivity contribution in [3.63, 3.8) is 0 Å². The molecule has 0 aliphatic heterocycles. The standard InChI is InChI=1S/C23H26FN5O2/c1-15(23(31)26-19-11-7-17(8-12-19)22(25)30)29(2)13-3-4-20-14-21(28-27-20)16-5-9-18(24)10-6-16/h5-12,14-15H,3-4,13H2,1-2H3,(H2,25,30)(H,26,31)(H,27,28). The molecule has 1 unspecified atom stereocenters. The molecule has 3 aromatic rings. The predicted octanol–water partition coefficient (Wildman–Crippen LogP) is 3.21. The van der Waals surface area contributed by atoms with Gasteiger partial charge >= 0.3 is 0 Å². The van der Waals surface area contributed by atoms with Crippen molar-refractivity contribution in [2.45, 2.75) is 25.8 Å². The minimum atomic E-state index is -0.506. The van der Waals surface area contributed by atoms with Gasteiger partial charge in [-0.1, -0.05) is 0 Å². The number of aromatic nitrogens is 2. The number of primary amides is 1. The van der Waals surface area contributed by atoms with E-state index in [1.54, 1.807) is 36.4 Å². The number of likely N-dealkylation sites (N-methyl/N-ethyl adjacent to an activating group) is 1. The van der Waals surface area contributed by atoms with Gasteiger partial charge in [-0.05, 0) is 88.0 Å². The van der Waals surface area contributed by atoms with Gasteiger partial charge < -0.3 is 11.1 Å². The summed E-state index contributed by atoms with van der Waals surface area (Å²) in [6, 6.07) is 14.3. The van der Waals surface area contributed by atoms with Crippen LogP contribution in [0.2, 0.25) is 0 Å². The van der Waals surface area contributed by atoms with Crippen LogP contribution < -0.4 is 11.1 Å². The van der Waals surface area contributed by atoms with Crippen LogP contribution in [-0.2, 0) is 11.2 Å². The molecule has 0 saturated heterocycles. The summed E-state index contributed by atoms with van der Waals surface area (Å²) in [5, 5.41) is 10.1. The van der Waals surface area contributed by atoms with Crippen molar-refractivity contribution in [1.29, 1.82) is 0 Å². The number of nitrogens with one attached hydrogen (secondary N) is 2. The van der Waals surface area contributed by atoms with Crippen molar-refractivity contribution in [3.05, 3.63) is 71.7 Å². The Balaban J connectivity index is 1.46. The fourth-order valence-electron chi connectivity index (χ4n) is 3.14. The second kappa shape index (κ2) is 9.99. The van der Waals surface area contributed by atoms with Gasteiger partial charge in [0.1, 0.15) is 5.82 Å². The maximum atomic E-state index is 13.1. The highest BCUT2D eigenvalue weighted by Crippen LogP contribution is 2.18. The third-order valence-electron chi connectivity index (χ3n) is 5.21. The number of hydrogen-bond acceptors (Lipinski definition) is 4. The van der Waals surface area contributed by atoms with Crippen LogP contribution in [0.15, 0.2) is 54.6 Å². The molecule has 0 aliphatic rings. The fraction of sp³-hybridized carbons (Fsp3) is 0.261. The Hall–Kier alpha value is -3.52.